The highest BCUT2D eigenvalue weighted by molar-refractivity contribution is 5.39. The molecule has 0 heterocycles. The highest BCUT2D eigenvalue weighted by atomic mass is 16.5. The average Bonchev–Trinajstić information content (AvgIpc) is 2.63. The zero-order valence-corrected chi connectivity index (χ0v) is 14.2. The second kappa shape index (κ2) is 9.00. The maximum Gasteiger partial charge on any atom is 0.118 e. The highest BCUT2D eigenvalue weighted by Crippen LogP contribution is 2.32. The predicted molar refractivity (Wildman–Crippen MR) is 96.5 cm³/mol. The van der Waals surface area contributed by atoms with Crippen LogP contribution in [0.25, 0.3) is 0 Å². The molecule has 0 saturated heterocycles. The molecule has 2 aromatic rings. The third kappa shape index (κ3) is 4.53. The van der Waals surface area contributed by atoms with E-state index in [0.29, 0.717) is 12.8 Å². The fourth-order valence-corrected chi connectivity index (χ4v) is 2.84. The third-order valence-corrected chi connectivity index (χ3v) is 4.16. The van der Waals surface area contributed by atoms with Gasteiger partial charge in [0.05, 0.1) is 20.3 Å². The van der Waals surface area contributed by atoms with Crippen LogP contribution in [0.3, 0.4) is 0 Å². The topological polar surface area (TPSA) is 38.7 Å². The lowest BCUT2D eigenvalue weighted by atomic mass is 9.84. The lowest BCUT2D eigenvalue weighted by molar-refractivity contribution is 0.144. The molecule has 0 amide bonds. The van der Waals surface area contributed by atoms with Crippen molar-refractivity contribution in [1.29, 1.82) is 0 Å². The molecule has 0 saturated carbocycles. The van der Waals surface area contributed by atoms with Gasteiger partial charge in [-0.15, -0.1) is 12.3 Å². The van der Waals surface area contributed by atoms with Crippen molar-refractivity contribution in [1.82, 2.24) is 0 Å². The van der Waals surface area contributed by atoms with Gasteiger partial charge in [-0.1, -0.05) is 24.3 Å². The molecule has 0 spiro atoms. The van der Waals surface area contributed by atoms with E-state index in [1.807, 2.05) is 48.5 Å². The van der Waals surface area contributed by atoms with Crippen molar-refractivity contribution >= 4 is 0 Å². The Bertz CT molecular complexity index is 605. The smallest absolute Gasteiger partial charge is 0.118 e. The Kier molecular flexibility index (Phi) is 6.72. The standard InChI is InChI=1S/C21H24O3/c1-4-5-6-7-20(22)21(16-8-12-18(23-2)13-9-16)17-10-14-19(24-3)15-11-17/h1,8-15,20-22H,5-7H2,2-3H3. The molecule has 2 rings (SSSR count). The Labute approximate surface area is 144 Å². The first-order chi connectivity index (χ1) is 11.7. The van der Waals surface area contributed by atoms with Crippen molar-refractivity contribution < 1.29 is 14.6 Å². The van der Waals surface area contributed by atoms with E-state index in [2.05, 4.69) is 5.92 Å². The van der Waals surface area contributed by atoms with E-state index < -0.39 is 6.10 Å². The maximum atomic E-state index is 10.8. The van der Waals surface area contributed by atoms with Crippen LogP contribution in [0.5, 0.6) is 11.5 Å². The summed E-state index contributed by atoms with van der Waals surface area (Å²) in [6.45, 7) is 0. The van der Waals surface area contributed by atoms with Crippen molar-refractivity contribution in [3.05, 3.63) is 59.7 Å². The molecule has 126 valence electrons. The second-order valence-electron chi connectivity index (χ2n) is 5.69. The number of aliphatic hydroxyl groups excluding tert-OH is 1. The van der Waals surface area contributed by atoms with Crippen LogP contribution in [0.2, 0.25) is 0 Å². The summed E-state index contributed by atoms with van der Waals surface area (Å²) >= 11 is 0. The minimum Gasteiger partial charge on any atom is -0.497 e. The summed E-state index contributed by atoms with van der Waals surface area (Å²) in [5.74, 6) is 4.12. The quantitative estimate of drug-likeness (QED) is 0.589. The van der Waals surface area contributed by atoms with Gasteiger partial charge in [-0.2, -0.15) is 0 Å². The molecule has 0 aliphatic carbocycles. The monoisotopic (exact) mass is 324 g/mol. The lowest BCUT2D eigenvalue weighted by Gasteiger charge is -2.24. The van der Waals surface area contributed by atoms with Crippen LogP contribution in [-0.2, 0) is 0 Å². The SMILES string of the molecule is C#CCCCC(O)C(c1ccc(OC)cc1)c1ccc(OC)cc1. The number of hydrogen-bond donors (Lipinski definition) is 1. The summed E-state index contributed by atoms with van der Waals surface area (Å²) in [6.07, 6.45) is 6.96. The van der Waals surface area contributed by atoms with Crippen LogP contribution in [0, 0.1) is 12.3 Å². The Balaban J connectivity index is 2.30. The van der Waals surface area contributed by atoms with E-state index in [1.54, 1.807) is 14.2 Å². The molecule has 0 fully saturated rings. The van der Waals surface area contributed by atoms with Crippen molar-refractivity contribution in [2.75, 3.05) is 14.2 Å². The Morgan fingerprint density at radius 2 is 1.38 bits per heavy atom. The number of benzene rings is 2. The van der Waals surface area contributed by atoms with Gasteiger partial charge < -0.3 is 14.6 Å². The molecule has 0 aliphatic heterocycles. The summed E-state index contributed by atoms with van der Waals surface area (Å²) in [5.41, 5.74) is 2.10. The molecule has 3 nitrogen and oxygen atoms in total. The molecule has 1 N–H and O–H groups in total. The molecule has 3 heteroatoms. The Hall–Kier alpha value is -2.44. The van der Waals surface area contributed by atoms with Crippen molar-refractivity contribution in [3.8, 4) is 23.8 Å². The van der Waals surface area contributed by atoms with Gasteiger partial charge in [0.15, 0.2) is 0 Å². The molecule has 1 unspecified atom stereocenters. The van der Waals surface area contributed by atoms with Gasteiger partial charge in [0.25, 0.3) is 0 Å². The molecule has 0 bridgehead atoms. The molecule has 24 heavy (non-hydrogen) atoms. The van der Waals surface area contributed by atoms with Crippen LogP contribution in [0.1, 0.15) is 36.3 Å². The van der Waals surface area contributed by atoms with E-state index in [-0.39, 0.29) is 5.92 Å². The maximum absolute atomic E-state index is 10.8. The summed E-state index contributed by atoms with van der Waals surface area (Å²) < 4.78 is 10.4. The molecule has 0 radical (unpaired) electrons. The average molecular weight is 324 g/mol. The number of terminal acetylenes is 1. The summed E-state index contributed by atoms with van der Waals surface area (Å²) in [4.78, 5) is 0. The minimum absolute atomic E-state index is 0.111. The molecule has 0 aromatic heterocycles. The van der Waals surface area contributed by atoms with E-state index in [9.17, 15) is 5.11 Å². The number of unbranched alkanes of at least 4 members (excludes halogenated alkanes) is 1. The van der Waals surface area contributed by atoms with Crippen molar-refractivity contribution in [3.63, 3.8) is 0 Å². The van der Waals surface area contributed by atoms with Gasteiger partial charge in [0.2, 0.25) is 0 Å². The summed E-state index contributed by atoms with van der Waals surface area (Å²) in [6, 6.07) is 15.7. The largest absolute Gasteiger partial charge is 0.497 e. The number of rotatable bonds is 8. The van der Waals surface area contributed by atoms with Crippen molar-refractivity contribution in [2.45, 2.75) is 31.3 Å². The Morgan fingerprint density at radius 3 is 1.75 bits per heavy atom. The zero-order chi connectivity index (χ0) is 17.4. The Morgan fingerprint density at radius 1 is 0.917 bits per heavy atom. The first-order valence-electron chi connectivity index (χ1n) is 8.09. The highest BCUT2D eigenvalue weighted by Gasteiger charge is 2.23. The van der Waals surface area contributed by atoms with Gasteiger partial charge in [-0.05, 0) is 48.2 Å². The summed E-state index contributed by atoms with van der Waals surface area (Å²) in [5, 5.41) is 10.8. The zero-order valence-electron chi connectivity index (χ0n) is 14.2. The first kappa shape index (κ1) is 17.9. The van der Waals surface area contributed by atoms with Gasteiger partial charge >= 0.3 is 0 Å². The minimum atomic E-state index is -0.500. The number of ether oxygens (including phenoxy) is 2. The van der Waals surface area contributed by atoms with Crippen LogP contribution < -0.4 is 9.47 Å². The van der Waals surface area contributed by atoms with E-state index in [1.165, 1.54) is 0 Å². The lowest BCUT2D eigenvalue weighted by Crippen LogP contribution is -2.19. The van der Waals surface area contributed by atoms with Crippen LogP contribution in [0.4, 0.5) is 0 Å². The van der Waals surface area contributed by atoms with Crippen LogP contribution in [0.15, 0.2) is 48.5 Å². The molecular weight excluding hydrogens is 300 g/mol. The molecule has 2 aromatic carbocycles. The normalized spacial score (nSPS) is 11.8. The third-order valence-electron chi connectivity index (χ3n) is 4.16. The predicted octanol–water partition coefficient (Wildman–Crippen LogP) is 4.00. The fourth-order valence-electron chi connectivity index (χ4n) is 2.84. The molecular formula is C21H24O3. The van der Waals surface area contributed by atoms with Crippen molar-refractivity contribution in [2.24, 2.45) is 0 Å². The molecule has 0 aliphatic rings. The van der Waals surface area contributed by atoms with Gasteiger partial charge in [0, 0.05) is 12.3 Å². The van der Waals surface area contributed by atoms with E-state index in [4.69, 9.17) is 15.9 Å². The van der Waals surface area contributed by atoms with E-state index >= 15 is 0 Å². The number of hydrogen-bond acceptors (Lipinski definition) is 3. The summed E-state index contributed by atoms with van der Waals surface area (Å²) in [7, 11) is 3.29. The van der Waals surface area contributed by atoms with Crippen LogP contribution in [-0.4, -0.2) is 25.4 Å². The fraction of sp³-hybridized carbons (Fsp3) is 0.333. The first-order valence-corrected chi connectivity index (χ1v) is 8.09. The van der Waals surface area contributed by atoms with Gasteiger partial charge in [-0.25, -0.2) is 0 Å². The number of methoxy groups -OCH3 is 2. The molecule has 1 atom stereocenters. The van der Waals surface area contributed by atoms with Crippen LogP contribution >= 0.6 is 0 Å². The number of aliphatic hydroxyl groups is 1. The van der Waals surface area contributed by atoms with Gasteiger partial charge in [0.1, 0.15) is 11.5 Å². The van der Waals surface area contributed by atoms with E-state index in [0.717, 1.165) is 29.0 Å². The second-order valence-corrected chi connectivity index (χ2v) is 5.69. The van der Waals surface area contributed by atoms with Gasteiger partial charge in [-0.3, -0.25) is 0 Å².